The van der Waals surface area contributed by atoms with Gasteiger partial charge in [0.25, 0.3) is 5.78 Å². The minimum Gasteiger partial charge on any atom is -0.353 e. The zero-order valence-corrected chi connectivity index (χ0v) is 14.6. The van der Waals surface area contributed by atoms with Crippen LogP contribution in [0, 0.1) is 24.7 Å². The summed E-state index contributed by atoms with van der Waals surface area (Å²) in [7, 11) is 0. The fraction of sp³-hybridized carbons (Fsp3) is 0.667. The molecule has 132 valence electrons. The first-order chi connectivity index (χ1) is 12.2. The lowest BCUT2D eigenvalue weighted by atomic mass is 10.0. The Bertz CT molecular complexity index is 797. The second-order valence-electron chi connectivity index (χ2n) is 7.68. The van der Waals surface area contributed by atoms with Crippen molar-refractivity contribution in [1.82, 2.24) is 24.5 Å². The Kier molecular flexibility index (Phi) is 3.43. The number of piperazine rings is 1. The van der Waals surface area contributed by atoms with E-state index in [1.165, 1.54) is 25.7 Å². The first kappa shape index (κ1) is 15.1. The van der Waals surface area contributed by atoms with Crippen LogP contribution in [0.3, 0.4) is 0 Å². The number of hydrogen-bond acceptors (Lipinski definition) is 5. The molecular weight excluding hydrogens is 316 g/mol. The molecule has 3 aliphatic rings. The highest BCUT2D eigenvalue weighted by Gasteiger charge is 2.55. The van der Waals surface area contributed by atoms with E-state index < -0.39 is 0 Å². The second-order valence-corrected chi connectivity index (χ2v) is 7.68. The van der Waals surface area contributed by atoms with E-state index in [1.807, 2.05) is 6.92 Å². The lowest BCUT2D eigenvalue weighted by Gasteiger charge is -2.36. The van der Waals surface area contributed by atoms with Crippen molar-refractivity contribution in [3.8, 4) is 0 Å². The summed E-state index contributed by atoms with van der Waals surface area (Å²) in [5.41, 5.74) is 0.941. The molecule has 0 unspecified atom stereocenters. The minimum absolute atomic E-state index is 0.333. The summed E-state index contributed by atoms with van der Waals surface area (Å²) >= 11 is 0. The second kappa shape index (κ2) is 5.68. The number of aryl methyl sites for hydroxylation is 1. The van der Waals surface area contributed by atoms with Crippen LogP contribution in [0.15, 0.2) is 12.4 Å². The summed E-state index contributed by atoms with van der Waals surface area (Å²) in [6.45, 7) is 5.25. The molecule has 3 heterocycles. The van der Waals surface area contributed by atoms with Crippen molar-refractivity contribution >= 4 is 17.5 Å². The van der Waals surface area contributed by atoms with Gasteiger partial charge in [0.2, 0.25) is 5.91 Å². The zero-order chi connectivity index (χ0) is 17.0. The quantitative estimate of drug-likeness (QED) is 0.829. The number of carbonyl (C=O) groups excluding carboxylic acids is 1. The third-order valence-corrected chi connectivity index (χ3v) is 6.22. The fourth-order valence-corrected chi connectivity index (χ4v) is 4.86. The normalized spacial score (nSPS) is 28.9. The minimum atomic E-state index is 0.333. The molecule has 0 aromatic carbocycles. The molecule has 1 aliphatic heterocycles. The van der Waals surface area contributed by atoms with Gasteiger partial charge in [0.05, 0.1) is 0 Å². The van der Waals surface area contributed by atoms with Crippen molar-refractivity contribution in [2.45, 2.75) is 32.6 Å². The Morgan fingerprint density at radius 1 is 1.12 bits per heavy atom. The average molecular weight is 340 g/mol. The number of rotatable bonds is 2. The smallest absolute Gasteiger partial charge is 0.254 e. The summed E-state index contributed by atoms with van der Waals surface area (Å²) in [4.78, 5) is 25.9. The number of carbonyl (C=O) groups is 1. The third-order valence-electron chi connectivity index (χ3n) is 6.22. The van der Waals surface area contributed by atoms with Gasteiger partial charge in [0.15, 0.2) is 0 Å². The maximum Gasteiger partial charge on any atom is 0.254 e. The van der Waals surface area contributed by atoms with Crippen LogP contribution in [0.5, 0.6) is 0 Å². The van der Waals surface area contributed by atoms with Gasteiger partial charge in [-0.1, -0.05) is 12.8 Å². The Hall–Kier alpha value is -2.18. The summed E-state index contributed by atoms with van der Waals surface area (Å²) in [6.07, 6.45) is 6.70. The molecule has 2 saturated carbocycles. The molecule has 0 spiro atoms. The van der Waals surface area contributed by atoms with Gasteiger partial charge in [-0.05, 0) is 31.6 Å². The summed E-state index contributed by atoms with van der Waals surface area (Å²) in [5.74, 6) is 3.78. The summed E-state index contributed by atoms with van der Waals surface area (Å²) in [5, 5.41) is 4.30. The van der Waals surface area contributed by atoms with Crippen molar-refractivity contribution in [2.75, 3.05) is 31.1 Å². The number of anilines is 1. The van der Waals surface area contributed by atoms with Crippen molar-refractivity contribution in [2.24, 2.45) is 17.8 Å². The van der Waals surface area contributed by atoms with Crippen LogP contribution in [-0.4, -0.2) is 56.6 Å². The van der Waals surface area contributed by atoms with E-state index in [4.69, 9.17) is 0 Å². The average Bonchev–Trinajstić information content (AvgIpc) is 3.18. The van der Waals surface area contributed by atoms with Gasteiger partial charge in [0, 0.05) is 43.9 Å². The first-order valence-corrected chi connectivity index (χ1v) is 9.43. The van der Waals surface area contributed by atoms with E-state index in [0.717, 1.165) is 37.7 Å². The monoisotopic (exact) mass is 340 g/mol. The SMILES string of the molecule is Cc1cc(N2CCN(C(=O)C3[C@@H]4CCCC[C@@H]34)CC2)n2ncnc2n1. The topological polar surface area (TPSA) is 66.6 Å². The number of fused-ring (bicyclic) bond motifs is 2. The molecule has 0 radical (unpaired) electrons. The number of aromatic nitrogens is 4. The maximum absolute atomic E-state index is 12.9. The van der Waals surface area contributed by atoms with Gasteiger partial charge in [-0.3, -0.25) is 4.79 Å². The van der Waals surface area contributed by atoms with Gasteiger partial charge in [0.1, 0.15) is 12.1 Å². The maximum atomic E-state index is 12.9. The van der Waals surface area contributed by atoms with E-state index in [1.54, 1.807) is 10.8 Å². The van der Waals surface area contributed by atoms with E-state index in [-0.39, 0.29) is 0 Å². The predicted octanol–water partition coefficient (Wildman–Crippen LogP) is 1.52. The Morgan fingerprint density at radius 3 is 2.56 bits per heavy atom. The molecule has 7 nitrogen and oxygen atoms in total. The van der Waals surface area contributed by atoms with Crippen LogP contribution >= 0.6 is 0 Å². The van der Waals surface area contributed by atoms with Crippen LogP contribution in [0.4, 0.5) is 5.82 Å². The molecule has 1 saturated heterocycles. The lowest BCUT2D eigenvalue weighted by molar-refractivity contribution is -0.133. The molecule has 0 bridgehead atoms. The summed E-state index contributed by atoms with van der Waals surface area (Å²) < 4.78 is 1.79. The first-order valence-electron chi connectivity index (χ1n) is 9.43. The molecule has 2 atom stereocenters. The van der Waals surface area contributed by atoms with Gasteiger partial charge >= 0.3 is 0 Å². The fourth-order valence-electron chi connectivity index (χ4n) is 4.86. The van der Waals surface area contributed by atoms with Crippen LogP contribution in [0.2, 0.25) is 0 Å². The van der Waals surface area contributed by atoms with E-state index >= 15 is 0 Å². The van der Waals surface area contributed by atoms with Gasteiger partial charge < -0.3 is 9.80 Å². The van der Waals surface area contributed by atoms with Crippen LogP contribution in [0.1, 0.15) is 31.4 Å². The van der Waals surface area contributed by atoms with Crippen molar-refractivity contribution in [3.05, 3.63) is 18.1 Å². The highest BCUT2D eigenvalue weighted by molar-refractivity contribution is 5.82. The Labute approximate surface area is 147 Å². The third kappa shape index (κ3) is 2.48. The molecule has 2 aliphatic carbocycles. The lowest BCUT2D eigenvalue weighted by Crippen LogP contribution is -2.50. The highest BCUT2D eigenvalue weighted by atomic mass is 16.2. The van der Waals surface area contributed by atoms with E-state index in [0.29, 0.717) is 29.4 Å². The number of amides is 1. The molecule has 7 heteroatoms. The zero-order valence-electron chi connectivity index (χ0n) is 14.6. The van der Waals surface area contributed by atoms with E-state index in [9.17, 15) is 4.79 Å². The van der Waals surface area contributed by atoms with Crippen LogP contribution in [-0.2, 0) is 4.79 Å². The van der Waals surface area contributed by atoms with Crippen molar-refractivity contribution in [1.29, 1.82) is 0 Å². The number of nitrogens with zero attached hydrogens (tertiary/aromatic N) is 6. The van der Waals surface area contributed by atoms with Crippen LogP contribution < -0.4 is 4.90 Å². The molecule has 2 aromatic rings. The molecule has 5 rings (SSSR count). The van der Waals surface area contributed by atoms with Crippen molar-refractivity contribution in [3.63, 3.8) is 0 Å². The molecule has 25 heavy (non-hydrogen) atoms. The molecule has 3 fully saturated rings. The molecule has 1 amide bonds. The van der Waals surface area contributed by atoms with Crippen molar-refractivity contribution < 1.29 is 4.79 Å². The number of hydrogen-bond donors (Lipinski definition) is 0. The van der Waals surface area contributed by atoms with E-state index in [2.05, 4.69) is 30.9 Å². The Morgan fingerprint density at radius 2 is 1.84 bits per heavy atom. The van der Waals surface area contributed by atoms with Gasteiger partial charge in [-0.15, -0.1) is 0 Å². The van der Waals surface area contributed by atoms with Gasteiger partial charge in [-0.2, -0.15) is 14.6 Å². The standard InChI is InChI=1S/C18H24N6O/c1-12-10-15(24-18(21-12)19-11-20-24)22-6-8-23(9-7-22)17(25)16-13-4-2-3-5-14(13)16/h10-11,13-14,16H,2-9H2,1H3/t13-,14-/m1/s1. The molecule has 0 N–H and O–H groups in total. The Balaban J connectivity index is 1.28. The molecule has 2 aromatic heterocycles. The largest absolute Gasteiger partial charge is 0.353 e. The summed E-state index contributed by atoms with van der Waals surface area (Å²) in [6, 6.07) is 2.05. The predicted molar refractivity (Wildman–Crippen MR) is 93.3 cm³/mol. The van der Waals surface area contributed by atoms with Crippen LogP contribution in [0.25, 0.3) is 5.78 Å². The highest BCUT2D eigenvalue weighted by Crippen LogP contribution is 2.56. The molecular formula is C18H24N6O. The van der Waals surface area contributed by atoms with Gasteiger partial charge in [-0.25, -0.2) is 4.98 Å².